The number of carbonyl (C=O) groups excluding carboxylic acids is 1. The first-order chi connectivity index (χ1) is 17.3. The summed E-state index contributed by atoms with van der Waals surface area (Å²) in [4.78, 5) is 12.5. The third-order valence-corrected chi connectivity index (χ3v) is 6.51. The Balaban J connectivity index is 1.48. The van der Waals surface area contributed by atoms with Crippen molar-refractivity contribution in [2.75, 3.05) is 13.7 Å². The molecule has 1 aliphatic carbocycles. The van der Waals surface area contributed by atoms with Crippen molar-refractivity contribution in [3.05, 3.63) is 82.9 Å². The minimum atomic E-state index is -1.22. The maximum absolute atomic E-state index is 14.8. The molecule has 190 valence electrons. The molecule has 0 spiro atoms. The quantitative estimate of drug-likeness (QED) is 0.195. The lowest BCUT2D eigenvalue weighted by molar-refractivity contribution is 0.0653. The lowest BCUT2D eigenvalue weighted by atomic mass is 9.82. The predicted octanol–water partition coefficient (Wildman–Crippen LogP) is 7.20. The Bertz CT molecular complexity index is 1240. The van der Waals surface area contributed by atoms with Gasteiger partial charge in [-0.25, -0.2) is 13.6 Å². The van der Waals surface area contributed by atoms with E-state index >= 15 is 0 Å². The van der Waals surface area contributed by atoms with Crippen LogP contribution in [0.15, 0.2) is 48.5 Å². The average molecular weight is 503 g/mol. The van der Waals surface area contributed by atoms with Gasteiger partial charge in [0.15, 0.2) is 23.1 Å². The molecule has 0 amide bonds. The molecule has 1 fully saturated rings. The van der Waals surface area contributed by atoms with Gasteiger partial charge in [0.05, 0.1) is 18.3 Å². The van der Waals surface area contributed by atoms with Crippen LogP contribution in [-0.4, -0.2) is 25.8 Å². The second-order valence-corrected chi connectivity index (χ2v) is 8.63. The minimum Gasteiger partial charge on any atom is -0.491 e. The first kappa shape index (κ1) is 25.7. The number of esters is 1. The normalized spacial score (nSPS) is 17.6. The molecule has 0 bridgehead atoms. The molecule has 1 aliphatic rings. The van der Waals surface area contributed by atoms with Gasteiger partial charge in [0.2, 0.25) is 11.6 Å². The van der Waals surface area contributed by atoms with Crippen LogP contribution in [-0.2, 0) is 4.74 Å². The molecule has 3 aromatic rings. The second-order valence-electron chi connectivity index (χ2n) is 8.63. The Hall–Kier alpha value is -3.39. The van der Waals surface area contributed by atoms with E-state index in [1.165, 1.54) is 48.5 Å². The Labute approximate surface area is 206 Å². The van der Waals surface area contributed by atoms with Gasteiger partial charge in [-0.3, -0.25) is 0 Å². The molecule has 0 aliphatic heterocycles. The largest absolute Gasteiger partial charge is 0.491 e. The highest BCUT2D eigenvalue weighted by Crippen LogP contribution is 2.37. The van der Waals surface area contributed by atoms with E-state index in [0.717, 1.165) is 12.8 Å². The van der Waals surface area contributed by atoms with Crippen LogP contribution in [0, 0.1) is 23.3 Å². The van der Waals surface area contributed by atoms with Gasteiger partial charge in [0.25, 0.3) is 0 Å². The monoisotopic (exact) mass is 502 g/mol. The lowest BCUT2D eigenvalue weighted by Crippen LogP contribution is -2.20. The molecule has 4 nitrogen and oxygen atoms in total. The highest BCUT2D eigenvalue weighted by Gasteiger charge is 2.27. The van der Waals surface area contributed by atoms with Crippen molar-refractivity contribution in [3.63, 3.8) is 0 Å². The summed E-state index contributed by atoms with van der Waals surface area (Å²) in [7, 11) is 1.64. The van der Waals surface area contributed by atoms with Gasteiger partial charge in [-0.1, -0.05) is 18.2 Å². The Morgan fingerprint density at radius 1 is 0.806 bits per heavy atom. The van der Waals surface area contributed by atoms with E-state index in [4.69, 9.17) is 14.2 Å². The average Bonchev–Trinajstić information content (AvgIpc) is 2.90. The third-order valence-electron chi connectivity index (χ3n) is 6.51. The molecule has 0 aromatic heterocycles. The summed E-state index contributed by atoms with van der Waals surface area (Å²) >= 11 is 0. The Kier molecular flexibility index (Phi) is 7.94. The number of halogens is 4. The molecule has 4 rings (SSSR count). The van der Waals surface area contributed by atoms with Gasteiger partial charge in [0.1, 0.15) is 0 Å². The highest BCUT2D eigenvalue weighted by molar-refractivity contribution is 5.91. The Morgan fingerprint density at radius 2 is 1.44 bits per heavy atom. The van der Waals surface area contributed by atoms with Gasteiger partial charge in [-0.05, 0) is 80.0 Å². The molecule has 8 heteroatoms. The molecule has 1 saturated carbocycles. The molecule has 0 unspecified atom stereocenters. The lowest BCUT2D eigenvalue weighted by Gasteiger charge is -2.28. The standard InChI is InChI=1S/C28H26F4O4/c1-3-35-22-14-12-20(24(29)26(22)31)16-4-6-18(7-5-16)28(33)36-23-15-13-21(25(30)27(23)32)17-8-10-19(34-2)11-9-17/h4-7,12-15,17,19H,3,8-11H2,1-2H3. The van der Waals surface area contributed by atoms with Crippen molar-refractivity contribution in [1.82, 2.24) is 0 Å². The van der Waals surface area contributed by atoms with Crippen LogP contribution in [0.1, 0.15) is 54.4 Å². The first-order valence-electron chi connectivity index (χ1n) is 11.8. The summed E-state index contributed by atoms with van der Waals surface area (Å²) in [5.74, 6) is -6.18. The zero-order valence-electron chi connectivity index (χ0n) is 20.0. The third kappa shape index (κ3) is 5.23. The molecule has 0 radical (unpaired) electrons. The summed E-state index contributed by atoms with van der Waals surface area (Å²) in [6.45, 7) is 1.85. The minimum absolute atomic E-state index is 0.0147. The van der Waals surface area contributed by atoms with Crippen molar-refractivity contribution in [1.29, 1.82) is 0 Å². The number of benzene rings is 3. The molecule has 36 heavy (non-hydrogen) atoms. The van der Waals surface area contributed by atoms with Crippen molar-refractivity contribution in [3.8, 4) is 22.6 Å². The molecule has 0 saturated heterocycles. The van der Waals surface area contributed by atoms with Gasteiger partial charge in [-0.2, -0.15) is 8.78 Å². The molecular formula is C28H26F4O4. The summed E-state index contributed by atoms with van der Waals surface area (Å²) in [5.41, 5.74) is 0.595. The topological polar surface area (TPSA) is 44.8 Å². The van der Waals surface area contributed by atoms with Gasteiger partial charge in [-0.15, -0.1) is 0 Å². The number of methoxy groups -OCH3 is 1. The zero-order chi connectivity index (χ0) is 25.8. The van der Waals surface area contributed by atoms with E-state index in [0.29, 0.717) is 18.4 Å². The van der Waals surface area contributed by atoms with E-state index in [1.54, 1.807) is 14.0 Å². The van der Waals surface area contributed by atoms with E-state index in [1.807, 2.05) is 0 Å². The van der Waals surface area contributed by atoms with E-state index < -0.39 is 35.0 Å². The van der Waals surface area contributed by atoms with Crippen LogP contribution in [0.5, 0.6) is 11.5 Å². The van der Waals surface area contributed by atoms with Crippen LogP contribution in [0.3, 0.4) is 0 Å². The molecule has 0 heterocycles. The van der Waals surface area contributed by atoms with Gasteiger partial charge in [0, 0.05) is 12.7 Å². The van der Waals surface area contributed by atoms with Crippen LogP contribution < -0.4 is 9.47 Å². The van der Waals surface area contributed by atoms with Crippen molar-refractivity contribution in [2.24, 2.45) is 0 Å². The molecule has 0 atom stereocenters. The van der Waals surface area contributed by atoms with Crippen molar-refractivity contribution in [2.45, 2.75) is 44.6 Å². The molecule has 3 aromatic carbocycles. The number of carbonyl (C=O) groups is 1. The number of hydrogen-bond donors (Lipinski definition) is 0. The van der Waals surface area contributed by atoms with Crippen molar-refractivity contribution >= 4 is 5.97 Å². The second kappa shape index (κ2) is 11.1. The predicted molar refractivity (Wildman–Crippen MR) is 126 cm³/mol. The SMILES string of the molecule is CCOc1ccc(-c2ccc(C(=O)Oc3ccc(C4CCC(OC)CC4)c(F)c3F)cc2)c(F)c1F. The van der Waals surface area contributed by atoms with E-state index in [2.05, 4.69) is 0 Å². The fourth-order valence-electron chi connectivity index (χ4n) is 4.52. The van der Waals surface area contributed by atoms with Crippen LogP contribution in [0.4, 0.5) is 17.6 Å². The number of ether oxygens (including phenoxy) is 3. The van der Waals surface area contributed by atoms with Crippen LogP contribution >= 0.6 is 0 Å². The van der Waals surface area contributed by atoms with Crippen molar-refractivity contribution < 1.29 is 36.6 Å². The van der Waals surface area contributed by atoms with Gasteiger partial charge < -0.3 is 14.2 Å². The van der Waals surface area contributed by atoms with E-state index in [9.17, 15) is 22.4 Å². The van der Waals surface area contributed by atoms with E-state index in [-0.39, 0.29) is 41.1 Å². The summed E-state index contributed by atoms with van der Waals surface area (Å²) in [6, 6.07) is 10.9. The highest BCUT2D eigenvalue weighted by atomic mass is 19.2. The fraction of sp³-hybridized carbons (Fsp3) is 0.321. The Morgan fingerprint density at radius 3 is 2.08 bits per heavy atom. The maximum atomic E-state index is 14.8. The smallest absolute Gasteiger partial charge is 0.343 e. The van der Waals surface area contributed by atoms with Crippen LogP contribution in [0.25, 0.3) is 11.1 Å². The van der Waals surface area contributed by atoms with Crippen LogP contribution in [0.2, 0.25) is 0 Å². The zero-order valence-corrected chi connectivity index (χ0v) is 20.0. The summed E-state index contributed by atoms with van der Waals surface area (Å²) in [6.07, 6.45) is 3.02. The first-order valence-corrected chi connectivity index (χ1v) is 11.8. The molecule has 0 N–H and O–H groups in total. The summed E-state index contributed by atoms with van der Waals surface area (Å²) in [5, 5.41) is 0. The number of hydrogen-bond acceptors (Lipinski definition) is 4. The summed E-state index contributed by atoms with van der Waals surface area (Å²) < 4.78 is 73.7. The molecular weight excluding hydrogens is 476 g/mol. The fourth-order valence-corrected chi connectivity index (χ4v) is 4.52. The van der Waals surface area contributed by atoms with Gasteiger partial charge >= 0.3 is 5.97 Å². The maximum Gasteiger partial charge on any atom is 0.343 e. The number of rotatable bonds is 7.